The predicted octanol–water partition coefficient (Wildman–Crippen LogP) is 2.48. The highest BCUT2D eigenvalue weighted by molar-refractivity contribution is 7.15. The average Bonchev–Trinajstić information content (AvgIpc) is 3.33. The van der Waals surface area contributed by atoms with E-state index >= 15 is 0 Å². The Bertz CT molecular complexity index is 928. The molecule has 1 N–H and O–H groups in total. The zero-order valence-electron chi connectivity index (χ0n) is 13.3. The fraction of sp³-hybridized carbons (Fsp3) is 0.250. The van der Waals surface area contributed by atoms with Gasteiger partial charge in [-0.05, 0) is 13.0 Å². The number of anilines is 1. The maximum atomic E-state index is 12.5. The maximum absolute atomic E-state index is 12.5. The van der Waals surface area contributed by atoms with Crippen molar-refractivity contribution in [3.05, 3.63) is 52.2 Å². The first kappa shape index (κ1) is 15.6. The van der Waals surface area contributed by atoms with Gasteiger partial charge in [0, 0.05) is 23.9 Å². The van der Waals surface area contributed by atoms with Crippen LogP contribution in [0.15, 0.2) is 33.6 Å². The summed E-state index contributed by atoms with van der Waals surface area (Å²) < 4.78 is 9.87. The highest BCUT2D eigenvalue weighted by atomic mass is 32.1. The molecule has 1 aliphatic heterocycles. The van der Waals surface area contributed by atoms with Gasteiger partial charge in [-0.2, -0.15) is 0 Å². The van der Waals surface area contributed by atoms with Crippen LogP contribution >= 0.6 is 11.3 Å². The number of aryl methyl sites for hydroxylation is 1. The summed E-state index contributed by atoms with van der Waals surface area (Å²) in [6, 6.07) is 3.21. The van der Waals surface area contributed by atoms with E-state index in [9.17, 15) is 9.59 Å². The lowest BCUT2D eigenvalue weighted by atomic mass is 10.1. The molecule has 0 unspecified atom stereocenters. The van der Waals surface area contributed by atoms with E-state index in [1.54, 1.807) is 24.0 Å². The molecule has 4 rings (SSSR count). The zero-order valence-corrected chi connectivity index (χ0v) is 14.1. The molecule has 9 heteroatoms. The van der Waals surface area contributed by atoms with E-state index in [0.29, 0.717) is 41.7 Å². The Morgan fingerprint density at radius 1 is 1.40 bits per heavy atom. The fourth-order valence-electron chi connectivity index (χ4n) is 2.61. The normalized spacial score (nSPS) is 13.6. The monoisotopic (exact) mass is 358 g/mol. The standard InChI is InChI=1S/C16H14N4O4S/c1-9-6-12(19-24-9)15(22)20-4-2-11-13(7-20)25-16(17-11)18-14(21)10-3-5-23-8-10/h3,5-6,8H,2,4,7H2,1H3,(H,17,18,21). The summed E-state index contributed by atoms with van der Waals surface area (Å²) in [5, 5.41) is 7.05. The molecule has 128 valence electrons. The predicted molar refractivity (Wildman–Crippen MR) is 88.5 cm³/mol. The number of hydrogen-bond donors (Lipinski definition) is 1. The summed E-state index contributed by atoms with van der Waals surface area (Å²) in [5.74, 6) is 0.161. The first-order valence-electron chi connectivity index (χ1n) is 7.65. The Morgan fingerprint density at radius 2 is 2.28 bits per heavy atom. The Labute approximate surface area is 146 Å². The number of aromatic nitrogens is 2. The van der Waals surface area contributed by atoms with Gasteiger partial charge in [0.25, 0.3) is 11.8 Å². The van der Waals surface area contributed by atoms with Crippen molar-refractivity contribution in [1.82, 2.24) is 15.0 Å². The molecule has 25 heavy (non-hydrogen) atoms. The number of amides is 2. The zero-order chi connectivity index (χ0) is 17.4. The van der Waals surface area contributed by atoms with Gasteiger partial charge >= 0.3 is 0 Å². The highest BCUT2D eigenvalue weighted by Gasteiger charge is 2.27. The molecule has 0 aliphatic carbocycles. The van der Waals surface area contributed by atoms with Crippen LogP contribution < -0.4 is 5.32 Å². The molecule has 0 spiro atoms. The van der Waals surface area contributed by atoms with Gasteiger partial charge in [-0.1, -0.05) is 16.5 Å². The van der Waals surface area contributed by atoms with Crippen molar-refractivity contribution >= 4 is 28.3 Å². The van der Waals surface area contributed by atoms with E-state index in [-0.39, 0.29) is 11.8 Å². The molecule has 0 atom stereocenters. The lowest BCUT2D eigenvalue weighted by molar-refractivity contribution is 0.0725. The Kier molecular flexibility index (Phi) is 3.85. The van der Waals surface area contributed by atoms with Gasteiger partial charge in [0.2, 0.25) is 0 Å². The van der Waals surface area contributed by atoms with Crippen LogP contribution in [0.1, 0.15) is 37.2 Å². The minimum Gasteiger partial charge on any atom is -0.472 e. The molecule has 4 heterocycles. The summed E-state index contributed by atoms with van der Waals surface area (Å²) in [5.41, 5.74) is 1.65. The van der Waals surface area contributed by atoms with Crippen LogP contribution in [-0.4, -0.2) is 33.4 Å². The van der Waals surface area contributed by atoms with Crippen LogP contribution in [0.4, 0.5) is 5.13 Å². The molecule has 8 nitrogen and oxygen atoms in total. The van der Waals surface area contributed by atoms with E-state index < -0.39 is 0 Å². The minimum absolute atomic E-state index is 0.167. The van der Waals surface area contributed by atoms with E-state index in [2.05, 4.69) is 15.5 Å². The molecule has 0 fully saturated rings. The second kappa shape index (κ2) is 6.17. The Hall–Kier alpha value is -2.94. The van der Waals surface area contributed by atoms with Gasteiger partial charge in [0.15, 0.2) is 10.8 Å². The van der Waals surface area contributed by atoms with Gasteiger partial charge in [0.1, 0.15) is 12.0 Å². The number of hydrogen-bond acceptors (Lipinski definition) is 7. The van der Waals surface area contributed by atoms with Gasteiger partial charge in [0.05, 0.1) is 24.1 Å². The van der Waals surface area contributed by atoms with Crippen LogP contribution in [-0.2, 0) is 13.0 Å². The fourth-order valence-corrected chi connectivity index (χ4v) is 3.63. The van der Waals surface area contributed by atoms with E-state index in [4.69, 9.17) is 8.94 Å². The average molecular weight is 358 g/mol. The molecule has 0 bridgehead atoms. The number of furan rings is 1. The number of nitrogens with zero attached hydrogens (tertiary/aromatic N) is 3. The number of thiazole rings is 1. The van der Waals surface area contributed by atoms with Gasteiger partial charge < -0.3 is 13.8 Å². The van der Waals surface area contributed by atoms with Crippen LogP contribution in [0.3, 0.4) is 0 Å². The first-order valence-corrected chi connectivity index (χ1v) is 8.46. The summed E-state index contributed by atoms with van der Waals surface area (Å²) in [6.07, 6.45) is 3.45. The topological polar surface area (TPSA) is 101 Å². The Morgan fingerprint density at radius 3 is 3.00 bits per heavy atom. The van der Waals surface area contributed by atoms with Crippen LogP contribution in [0.5, 0.6) is 0 Å². The van der Waals surface area contributed by atoms with Crippen LogP contribution in [0, 0.1) is 6.92 Å². The second-order valence-electron chi connectivity index (χ2n) is 5.65. The quantitative estimate of drug-likeness (QED) is 0.772. The summed E-state index contributed by atoms with van der Waals surface area (Å²) in [7, 11) is 0. The number of nitrogens with one attached hydrogen (secondary N) is 1. The number of rotatable bonds is 3. The molecule has 3 aromatic heterocycles. The van der Waals surface area contributed by atoms with Gasteiger partial charge in [-0.3, -0.25) is 14.9 Å². The van der Waals surface area contributed by atoms with Gasteiger partial charge in [-0.15, -0.1) is 0 Å². The van der Waals surface area contributed by atoms with Crippen molar-refractivity contribution in [2.24, 2.45) is 0 Å². The highest BCUT2D eigenvalue weighted by Crippen LogP contribution is 2.29. The molecule has 1 aliphatic rings. The van der Waals surface area contributed by atoms with Crippen molar-refractivity contribution in [1.29, 1.82) is 0 Å². The van der Waals surface area contributed by atoms with Crippen LogP contribution in [0.25, 0.3) is 0 Å². The van der Waals surface area contributed by atoms with Gasteiger partial charge in [-0.25, -0.2) is 4.98 Å². The lowest BCUT2D eigenvalue weighted by Crippen LogP contribution is -2.35. The number of carbonyl (C=O) groups is 2. The summed E-state index contributed by atoms with van der Waals surface area (Å²) in [6.45, 7) is 2.74. The SMILES string of the molecule is Cc1cc(C(=O)N2CCc3nc(NC(=O)c4ccoc4)sc3C2)no1. The smallest absolute Gasteiger partial charge is 0.276 e. The summed E-state index contributed by atoms with van der Waals surface area (Å²) >= 11 is 1.37. The molecule has 0 saturated heterocycles. The van der Waals surface area contributed by atoms with Crippen molar-refractivity contribution in [2.75, 3.05) is 11.9 Å². The van der Waals surface area contributed by atoms with E-state index in [1.807, 2.05) is 0 Å². The molecule has 0 aromatic carbocycles. The van der Waals surface area contributed by atoms with Crippen molar-refractivity contribution in [3.8, 4) is 0 Å². The molecule has 3 aromatic rings. The first-order chi connectivity index (χ1) is 12.1. The summed E-state index contributed by atoms with van der Waals surface area (Å²) in [4.78, 5) is 31.7. The number of fused-ring (bicyclic) bond motifs is 1. The third-order valence-electron chi connectivity index (χ3n) is 3.87. The van der Waals surface area contributed by atoms with Crippen molar-refractivity contribution < 1.29 is 18.5 Å². The Balaban J connectivity index is 1.47. The third-order valence-corrected chi connectivity index (χ3v) is 4.87. The van der Waals surface area contributed by atoms with Crippen LogP contribution in [0.2, 0.25) is 0 Å². The minimum atomic E-state index is -0.272. The van der Waals surface area contributed by atoms with E-state index in [1.165, 1.54) is 23.9 Å². The van der Waals surface area contributed by atoms with Crippen molar-refractivity contribution in [3.63, 3.8) is 0 Å². The largest absolute Gasteiger partial charge is 0.472 e. The maximum Gasteiger partial charge on any atom is 0.276 e. The second-order valence-corrected chi connectivity index (χ2v) is 6.74. The molecule has 2 amide bonds. The van der Waals surface area contributed by atoms with Crippen molar-refractivity contribution in [2.45, 2.75) is 19.9 Å². The number of carbonyl (C=O) groups excluding carboxylic acids is 2. The molecule has 0 radical (unpaired) electrons. The van der Waals surface area contributed by atoms with E-state index in [0.717, 1.165) is 10.6 Å². The molecular weight excluding hydrogens is 344 g/mol. The third kappa shape index (κ3) is 3.05. The molecular formula is C16H14N4O4S. The lowest BCUT2D eigenvalue weighted by Gasteiger charge is -2.25. The molecule has 0 saturated carbocycles.